The number of sulfonamides is 1. The number of rotatable bonds is 4. The maximum Gasteiger partial charge on any atom is 0.326 e. The van der Waals surface area contributed by atoms with Crippen LogP contribution in [0.2, 0.25) is 0 Å². The van der Waals surface area contributed by atoms with Gasteiger partial charge in [-0.2, -0.15) is 4.31 Å². The molecule has 0 spiro atoms. The van der Waals surface area contributed by atoms with Crippen molar-refractivity contribution in [1.29, 1.82) is 0 Å². The van der Waals surface area contributed by atoms with Gasteiger partial charge in [-0.05, 0) is 50.3 Å². The first-order chi connectivity index (χ1) is 12.3. The molecular formula is C18H24N2O5S. The van der Waals surface area contributed by atoms with E-state index in [9.17, 15) is 23.1 Å². The van der Waals surface area contributed by atoms with Crippen LogP contribution >= 0.6 is 0 Å². The maximum atomic E-state index is 13.0. The molecular weight excluding hydrogens is 356 g/mol. The lowest BCUT2D eigenvalue weighted by molar-refractivity contribution is -0.141. The molecule has 1 N–H and O–H groups in total. The van der Waals surface area contributed by atoms with E-state index in [2.05, 4.69) is 0 Å². The molecule has 2 saturated heterocycles. The minimum Gasteiger partial charge on any atom is -0.480 e. The molecule has 2 fully saturated rings. The summed E-state index contributed by atoms with van der Waals surface area (Å²) in [4.78, 5) is 25.6. The average Bonchev–Trinajstić information content (AvgIpc) is 3.12. The Hall–Kier alpha value is -1.93. The van der Waals surface area contributed by atoms with Gasteiger partial charge < -0.3 is 10.0 Å². The van der Waals surface area contributed by atoms with Crippen LogP contribution in [0.25, 0.3) is 0 Å². The van der Waals surface area contributed by atoms with E-state index >= 15 is 0 Å². The normalized spacial score (nSPS) is 21.7. The minimum absolute atomic E-state index is 0.135. The van der Waals surface area contributed by atoms with Crippen molar-refractivity contribution in [1.82, 2.24) is 9.21 Å². The summed E-state index contributed by atoms with van der Waals surface area (Å²) in [6.07, 6.45) is 3.75. The molecule has 1 amide bonds. The third-order valence-corrected chi connectivity index (χ3v) is 7.21. The molecule has 0 aliphatic carbocycles. The quantitative estimate of drug-likeness (QED) is 0.860. The number of aryl methyl sites for hydroxylation is 1. The van der Waals surface area contributed by atoms with E-state index in [1.165, 1.54) is 15.3 Å². The smallest absolute Gasteiger partial charge is 0.326 e. The molecule has 0 aromatic heterocycles. The number of amides is 1. The number of carboxylic acid groups (broad SMARTS) is 1. The molecule has 1 aromatic rings. The van der Waals surface area contributed by atoms with Crippen molar-refractivity contribution in [2.24, 2.45) is 0 Å². The van der Waals surface area contributed by atoms with Crippen LogP contribution < -0.4 is 0 Å². The predicted octanol–water partition coefficient (Wildman–Crippen LogP) is 1.86. The number of benzene rings is 1. The highest BCUT2D eigenvalue weighted by molar-refractivity contribution is 7.89. The Labute approximate surface area is 153 Å². The van der Waals surface area contributed by atoms with Gasteiger partial charge in [0.15, 0.2) is 0 Å². The number of piperidine rings is 1. The van der Waals surface area contributed by atoms with Crippen molar-refractivity contribution < 1.29 is 23.1 Å². The summed E-state index contributed by atoms with van der Waals surface area (Å²) in [5, 5.41) is 9.28. The fourth-order valence-electron chi connectivity index (χ4n) is 3.69. The maximum absolute atomic E-state index is 13.0. The Morgan fingerprint density at radius 2 is 1.77 bits per heavy atom. The summed E-state index contributed by atoms with van der Waals surface area (Å²) < 4.78 is 27.4. The Morgan fingerprint density at radius 3 is 2.42 bits per heavy atom. The number of nitrogens with zero attached hydrogens (tertiary/aromatic N) is 2. The Balaban J connectivity index is 1.92. The number of carbonyl (C=O) groups is 2. The average molecular weight is 380 g/mol. The summed E-state index contributed by atoms with van der Waals surface area (Å²) in [5.74, 6) is -1.45. The van der Waals surface area contributed by atoms with Crippen LogP contribution in [0.3, 0.4) is 0 Å². The zero-order valence-electron chi connectivity index (χ0n) is 14.8. The number of carbonyl (C=O) groups excluding carboxylic acids is 1. The molecule has 0 saturated carbocycles. The van der Waals surface area contributed by atoms with Crippen molar-refractivity contribution in [2.45, 2.75) is 50.0 Å². The lowest BCUT2D eigenvalue weighted by Gasteiger charge is -2.27. The monoisotopic (exact) mass is 380 g/mol. The number of hydrogen-bond donors (Lipinski definition) is 1. The number of carboxylic acids is 1. The largest absolute Gasteiger partial charge is 0.480 e. The van der Waals surface area contributed by atoms with Crippen LogP contribution in [0.15, 0.2) is 23.1 Å². The molecule has 0 radical (unpaired) electrons. The predicted molar refractivity (Wildman–Crippen MR) is 95.5 cm³/mol. The lowest BCUT2D eigenvalue weighted by Crippen LogP contribution is -2.40. The molecule has 1 aromatic carbocycles. The molecule has 2 aliphatic heterocycles. The van der Waals surface area contributed by atoms with Gasteiger partial charge in [0.2, 0.25) is 10.0 Å². The highest BCUT2D eigenvalue weighted by Crippen LogP contribution is 2.26. The highest BCUT2D eigenvalue weighted by Gasteiger charge is 2.35. The van der Waals surface area contributed by atoms with Crippen LogP contribution in [0.1, 0.15) is 48.0 Å². The van der Waals surface area contributed by atoms with E-state index in [0.29, 0.717) is 38.0 Å². The molecule has 1 atom stereocenters. The zero-order chi connectivity index (χ0) is 18.9. The summed E-state index contributed by atoms with van der Waals surface area (Å²) in [5.41, 5.74) is 0.808. The van der Waals surface area contributed by atoms with Gasteiger partial charge >= 0.3 is 5.97 Å². The van der Waals surface area contributed by atoms with Crippen LogP contribution in [0.5, 0.6) is 0 Å². The Bertz CT molecular complexity index is 815. The molecule has 0 bridgehead atoms. The number of hydrogen-bond acceptors (Lipinski definition) is 4. The van der Waals surface area contributed by atoms with Crippen molar-refractivity contribution in [3.8, 4) is 0 Å². The topological polar surface area (TPSA) is 95.0 Å². The Kier molecular flexibility index (Phi) is 5.34. The van der Waals surface area contributed by atoms with Crippen molar-refractivity contribution >= 4 is 21.9 Å². The number of aliphatic carboxylic acids is 1. The Morgan fingerprint density at radius 1 is 1.08 bits per heavy atom. The summed E-state index contributed by atoms with van der Waals surface area (Å²) in [6, 6.07) is 3.75. The first kappa shape index (κ1) is 18.8. The second kappa shape index (κ2) is 7.36. The molecule has 3 rings (SSSR count). The molecule has 8 heteroatoms. The molecule has 142 valence electrons. The fourth-order valence-corrected chi connectivity index (χ4v) is 5.46. The first-order valence-corrected chi connectivity index (χ1v) is 10.4. The second-order valence-electron chi connectivity index (χ2n) is 6.94. The van der Waals surface area contributed by atoms with E-state index in [4.69, 9.17) is 0 Å². The zero-order valence-corrected chi connectivity index (χ0v) is 15.7. The molecule has 1 unspecified atom stereocenters. The highest BCUT2D eigenvalue weighted by atomic mass is 32.2. The summed E-state index contributed by atoms with van der Waals surface area (Å²) in [7, 11) is -3.66. The van der Waals surface area contributed by atoms with Crippen molar-refractivity contribution in [3.05, 3.63) is 29.3 Å². The van der Waals surface area contributed by atoms with Crippen LogP contribution in [0, 0.1) is 6.92 Å². The van der Waals surface area contributed by atoms with E-state index in [1.54, 1.807) is 19.1 Å². The molecule has 2 heterocycles. The van der Waals surface area contributed by atoms with Gasteiger partial charge in [0.25, 0.3) is 5.91 Å². The van der Waals surface area contributed by atoms with Gasteiger partial charge in [0.1, 0.15) is 6.04 Å². The fraction of sp³-hybridized carbons (Fsp3) is 0.556. The van der Waals surface area contributed by atoms with Gasteiger partial charge in [0, 0.05) is 25.2 Å². The minimum atomic E-state index is -3.66. The third kappa shape index (κ3) is 3.48. The number of likely N-dealkylation sites (tertiary alicyclic amines) is 1. The third-order valence-electron chi connectivity index (χ3n) is 5.17. The van der Waals surface area contributed by atoms with Crippen molar-refractivity contribution in [3.63, 3.8) is 0 Å². The van der Waals surface area contributed by atoms with E-state index in [-0.39, 0.29) is 10.5 Å². The van der Waals surface area contributed by atoms with Crippen LogP contribution in [0.4, 0.5) is 0 Å². The van der Waals surface area contributed by atoms with Crippen molar-refractivity contribution in [2.75, 3.05) is 19.6 Å². The van der Waals surface area contributed by atoms with Gasteiger partial charge in [-0.3, -0.25) is 4.79 Å². The van der Waals surface area contributed by atoms with Crippen LogP contribution in [-0.4, -0.2) is 60.3 Å². The first-order valence-electron chi connectivity index (χ1n) is 8.97. The summed E-state index contributed by atoms with van der Waals surface area (Å²) in [6.45, 7) is 3.07. The molecule has 26 heavy (non-hydrogen) atoms. The van der Waals surface area contributed by atoms with E-state index in [0.717, 1.165) is 19.3 Å². The SMILES string of the molecule is Cc1ccc(C(=O)N2CCCC2C(=O)O)cc1S(=O)(=O)N1CCCCC1. The van der Waals surface area contributed by atoms with E-state index < -0.39 is 27.9 Å². The molecule has 7 nitrogen and oxygen atoms in total. The van der Waals surface area contributed by atoms with E-state index in [1.807, 2.05) is 0 Å². The lowest BCUT2D eigenvalue weighted by atomic mass is 10.1. The second-order valence-corrected chi connectivity index (χ2v) is 8.85. The van der Waals surface area contributed by atoms with Gasteiger partial charge in [-0.15, -0.1) is 0 Å². The standard InChI is InChI=1S/C18H24N2O5S/c1-13-7-8-14(17(21)20-11-5-6-15(20)18(22)23)12-16(13)26(24,25)19-9-3-2-4-10-19/h7-8,12,15H,2-6,9-11H2,1H3,(H,22,23). The van der Waals surface area contributed by atoms with Crippen LogP contribution in [-0.2, 0) is 14.8 Å². The molecule has 2 aliphatic rings. The summed E-state index contributed by atoms with van der Waals surface area (Å²) >= 11 is 0. The van der Waals surface area contributed by atoms with Gasteiger partial charge in [-0.25, -0.2) is 13.2 Å². The van der Waals surface area contributed by atoms with Gasteiger partial charge in [0.05, 0.1) is 4.90 Å². The van der Waals surface area contributed by atoms with Gasteiger partial charge in [-0.1, -0.05) is 12.5 Å².